The van der Waals surface area contributed by atoms with Gasteiger partial charge in [-0.05, 0) is 26.0 Å². The second-order valence-corrected chi connectivity index (χ2v) is 3.12. The maximum Gasteiger partial charge on any atom is 0.128 e. The molecule has 1 aromatic carbocycles. The minimum atomic E-state index is 0.0457. The predicted molar refractivity (Wildman–Crippen MR) is 52.5 cm³/mol. The second-order valence-electron chi connectivity index (χ2n) is 3.12. The van der Waals surface area contributed by atoms with Gasteiger partial charge >= 0.3 is 0 Å². The Kier molecular flexibility index (Phi) is 2.90. The van der Waals surface area contributed by atoms with E-state index < -0.39 is 0 Å². The van der Waals surface area contributed by atoms with Crippen molar-refractivity contribution in [2.24, 2.45) is 4.99 Å². The fourth-order valence-electron chi connectivity index (χ4n) is 0.871. The minimum Gasteiger partial charge on any atom is -0.508 e. The normalized spacial score (nSPS) is 11.3. The Morgan fingerprint density at radius 1 is 1.31 bits per heavy atom. The largest absolute Gasteiger partial charge is 0.508 e. The molecule has 1 rings (SSSR count). The van der Waals surface area contributed by atoms with Gasteiger partial charge in [-0.25, -0.2) is 0 Å². The summed E-state index contributed by atoms with van der Waals surface area (Å²) in [5.41, 5.74) is 0.617. The lowest BCUT2D eigenvalue weighted by molar-refractivity contribution is 0.450. The van der Waals surface area contributed by atoms with Gasteiger partial charge in [0.1, 0.15) is 11.5 Å². The summed E-state index contributed by atoms with van der Waals surface area (Å²) in [5, 5.41) is 18.4. The Balaban J connectivity index is 2.90. The van der Waals surface area contributed by atoms with E-state index in [2.05, 4.69) is 4.99 Å². The monoisotopic (exact) mass is 179 g/mol. The molecule has 0 unspecified atom stereocenters. The first kappa shape index (κ1) is 9.58. The topological polar surface area (TPSA) is 52.8 Å². The molecule has 0 heterocycles. The van der Waals surface area contributed by atoms with Crippen LogP contribution in [0, 0.1) is 0 Å². The van der Waals surface area contributed by atoms with E-state index in [1.807, 2.05) is 13.8 Å². The van der Waals surface area contributed by atoms with E-state index in [-0.39, 0.29) is 17.5 Å². The molecule has 0 spiro atoms. The average molecular weight is 179 g/mol. The van der Waals surface area contributed by atoms with Crippen LogP contribution in [-0.4, -0.2) is 22.5 Å². The Hall–Kier alpha value is -1.51. The number of benzene rings is 1. The van der Waals surface area contributed by atoms with Crippen LogP contribution >= 0.6 is 0 Å². The number of hydrogen-bond acceptors (Lipinski definition) is 3. The third-order valence-corrected chi connectivity index (χ3v) is 1.53. The van der Waals surface area contributed by atoms with E-state index in [9.17, 15) is 5.11 Å². The summed E-state index contributed by atoms with van der Waals surface area (Å²) in [6.45, 7) is 3.90. The number of aliphatic imine (C=N–C) groups is 1. The van der Waals surface area contributed by atoms with Gasteiger partial charge in [-0.15, -0.1) is 0 Å². The molecule has 70 valence electrons. The highest BCUT2D eigenvalue weighted by Crippen LogP contribution is 2.20. The number of aromatic hydroxyl groups is 2. The molecule has 0 aliphatic carbocycles. The van der Waals surface area contributed by atoms with Gasteiger partial charge in [0.2, 0.25) is 0 Å². The summed E-state index contributed by atoms with van der Waals surface area (Å²) in [5.74, 6) is 0.101. The Morgan fingerprint density at radius 3 is 2.54 bits per heavy atom. The quantitative estimate of drug-likeness (QED) is 0.681. The van der Waals surface area contributed by atoms with E-state index >= 15 is 0 Å². The zero-order valence-electron chi connectivity index (χ0n) is 7.73. The highest BCUT2D eigenvalue weighted by molar-refractivity contribution is 5.83. The molecular weight excluding hydrogens is 166 g/mol. The average Bonchev–Trinajstić information content (AvgIpc) is 2.02. The van der Waals surface area contributed by atoms with Gasteiger partial charge in [0.25, 0.3) is 0 Å². The van der Waals surface area contributed by atoms with Crippen molar-refractivity contribution in [3.05, 3.63) is 23.8 Å². The van der Waals surface area contributed by atoms with Crippen LogP contribution in [0.25, 0.3) is 0 Å². The lowest BCUT2D eigenvalue weighted by atomic mass is 10.2. The van der Waals surface area contributed by atoms with E-state index in [0.29, 0.717) is 5.56 Å². The van der Waals surface area contributed by atoms with Gasteiger partial charge in [0.05, 0.1) is 0 Å². The lowest BCUT2D eigenvalue weighted by Gasteiger charge is -2.00. The summed E-state index contributed by atoms with van der Waals surface area (Å²) < 4.78 is 0. The van der Waals surface area contributed by atoms with Gasteiger partial charge in [0, 0.05) is 23.9 Å². The van der Waals surface area contributed by atoms with Crippen LogP contribution < -0.4 is 0 Å². The van der Waals surface area contributed by atoms with Crippen LogP contribution in [0.5, 0.6) is 11.5 Å². The van der Waals surface area contributed by atoms with E-state index in [4.69, 9.17) is 5.11 Å². The van der Waals surface area contributed by atoms with Crippen LogP contribution in [0.15, 0.2) is 23.2 Å². The molecule has 0 fully saturated rings. The SMILES string of the molecule is CC(C)N=Cc1ccc(O)cc1O. The molecule has 0 aliphatic rings. The van der Waals surface area contributed by atoms with Crippen LogP contribution in [0.1, 0.15) is 19.4 Å². The summed E-state index contributed by atoms with van der Waals surface area (Å²) >= 11 is 0. The maximum absolute atomic E-state index is 9.35. The Morgan fingerprint density at radius 2 is 2.00 bits per heavy atom. The fourth-order valence-corrected chi connectivity index (χ4v) is 0.871. The molecule has 0 bridgehead atoms. The summed E-state index contributed by atoms with van der Waals surface area (Å²) in [4.78, 5) is 4.12. The summed E-state index contributed by atoms with van der Waals surface area (Å²) in [6.07, 6.45) is 1.60. The zero-order valence-corrected chi connectivity index (χ0v) is 7.73. The molecule has 0 aliphatic heterocycles. The Bertz CT molecular complexity index is 319. The lowest BCUT2D eigenvalue weighted by Crippen LogP contribution is -1.90. The number of nitrogens with zero attached hydrogens (tertiary/aromatic N) is 1. The van der Waals surface area contributed by atoms with Crippen molar-refractivity contribution in [2.75, 3.05) is 0 Å². The van der Waals surface area contributed by atoms with Gasteiger partial charge < -0.3 is 10.2 Å². The summed E-state index contributed by atoms with van der Waals surface area (Å²) in [6, 6.07) is 4.63. The third kappa shape index (κ3) is 2.78. The molecule has 0 radical (unpaired) electrons. The molecular formula is C10H13NO2. The highest BCUT2D eigenvalue weighted by atomic mass is 16.3. The minimum absolute atomic E-state index is 0.0457. The van der Waals surface area contributed by atoms with Crippen LogP contribution in [0.4, 0.5) is 0 Å². The van der Waals surface area contributed by atoms with Crippen LogP contribution in [0.3, 0.4) is 0 Å². The standard InChI is InChI=1S/C10H13NO2/c1-7(2)11-6-8-3-4-9(12)5-10(8)13/h3-7,12-13H,1-2H3. The molecule has 1 aromatic rings. The van der Waals surface area contributed by atoms with Crippen LogP contribution in [-0.2, 0) is 0 Å². The Labute approximate surface area is 77.4 Å². The molecule has 3 nitrogen and oxygen atoms in total. The van der Waals surface area contributed by atoms with Crippen molar-refractivity contribution in [3.8, 4) is 11.5 Å². The molecule has 0 saturated carbocycles. The molecule has 3 heteroatoms. The number of phenols is 2. The van der Waals surface area contributed by atoms with Gasteiger partial charge in [-0.1, -0.05) is 0 Å². The van der Waals surface area contributed by atoms with Gasteiger partial charge in [-0.3, -0.25) is 4.99 Å². The van der Waals surface area contributed by atoms with Gasteiger partial charge in [0.15, 0.2) is 0 Å². The van der Waals surface area contributed by atoms with E-state index in [1.165, 1.54) is 12.1 Å². The third-order valence-electron chi connectivity index (χ3n) is 1.53. The molecule has 2 N–H and O–H groups in total. The van der Waals surface area contributed by atoms with Crippen molar-refractivity contribution in [1.82, 2.24) is 0 Å². The molecule has 0 saturated heterocycles. The predicted octanol–water partition coefficient (Wildman–Crippen LogP) is 1.93. The zero-order chi connectivity index (χ0) is 9.84. The van der Waals surface area contributed by atoms with E-state index in [1.54, 1.807) is 12.3 Å². The van der Waals surface area contributed by atoms with Crippen LogP contribution in [0.2, 0.25) is 0 Å². The van der Waals surface area contributed by atoms with Gasteiger partial charge in [-0.2, -0.15) is 0 Å². The first-order chi connectivity index (χ1) is 6.09. The fraction of sp³-hybridized carbons (Fsp3) is 0.300. The molecule has 0 amide bonds. The van der Waals surface area contributed by atoms with Crippen molar-refractivity contribution < 1.29 is 10.2 Å². The maximum atomic E-state index is 9.35. The van der Waals surface area contributed by atoms with Crippen molar-refractivity contribution >= 4 is 6.21 Å². The molecule has 0 atom stereocenters. The van der Waals surface area contributed by atoms with Crippen molar-refractivity contribution in [3.63, 3.8) is 0 Å². The van der Waals surface area contributed by atoms with Crippen molar-refractivity contribution in [2.45, 2.75) is 19.9 Å². The molecule has 13 heavy (non-hydrogen) atoms. The van der Waals surface area contributed by atoms with Crippen molar-refractivity contribution in [1.29, 1.82) is 0 Å². The smallest absolute Gasteiger partial charge is 0.128 e. The highest BCUT2D eigenvalue weighted by Gasteiger charge is 1.98. The first-order valence-corrected chi connectivity index (χ1v) is 4.15. The second kappa shape index (κ2) is 3.94. The number of hydrogen-bond donors (Lipinski definition) is 2. The van der Waals surface area contributed by atoms with E-state index in [0.717, 1.165) is 0 Å². The molecule has 0 aromatic heterocycles. The summed E-state index contributed by atoms with van der Waals surface area (Å²) in [7, 11) is 0. The number of rotatable bonds is 2. The first-order valence-electron chi connectivity index (χ1n) is 4.15. The number of phenolic OH excluding ortho intramolecular Hbond substituents is 2.